The van der Waals surface area contributed by atoms with Crippen molar-refractivity contribution in [2.45, 2.75) is 39.4 Å². The molecule has 0 saturated carbocycles. The Morgan fingerprint density at radius 2 is 1.77 bits per heavy atom. The van der Waals surface area contributed by atoms with Crippen molar-refractivity contribution in [1.82, 2.24) is 25.3 Å². The summed E-state index contributed by atoms with van der Waals surface area (Å²) in [6.45, 7) is 6.46. The number of amides is 3. The second-order valence-corrected chi connectivity index (χ2v) is 11.5. The van der Waals surface area contributed by atoms with Crippen LogP contribution < -0.4 is 20.9 Å². The Morgan fingerprint density at radius 3 is 2.52 bits per heavy atom. The molecule has 2 aliphatic heterocycles. The number of piperazine rings is 1. The van der Waals surface area contributed by atoms with Crippen molar-refractivity contribution in [2.75, 3.05) is 29.9 Å². The molecular formula is C33H37N7O4. The Morgan fingerprint density at radius 1 is 1.05 bits per heavy atom. The van der Waals surface area contributed by atoms with Crippen LogP contribution in [0.3, 0.4) is 0 Å². The highest BCUT2D eigenvalue weighted by atomic mass is 16.3. The van der Waals surface area contributed by atoms with E-state index < -0.39 is 0 Å². The number of nitrogens with one attached hydrogen (secondary N) is 3. The molecule has 228 valence electrons. The number of phenolic OH excluding ortho intramolecular Hbond substituents is 2. The Balaban J connectivity index is 1.18. The number of aromatic nitrogens is 2. The Kier molecular flexibility index (Phi) is 7.88. The normalized spacial score (nSPS) is 16.0. The third-order valence-electron chi connectivity index (χ3n) is 8.44. The Labute approximate surface area is 256 Å². The highest BCUT2D eigenvalue weighted by molar-refractivity contribution is 6.08. The van der Waals surface area contributed by atoms with E-state index in [1.807, 2.05) is 57.3 Å². The number of hydrogen-bond acceptors (Lipinski definition) is 7. The van der Waals surface area contributed by atoms with Gasteiger partial charge in [-0.3, -0.25) is 9.48 Å². The van der Waals surface area contributed by atoms with Gasteiger partial charge in [0.1, 0.15) is 17.3 Å². The predicted molar refractivity (Wildman–Crippen MR) is 168 cm³/mol. The van der Waals surface area contributed by atoms with E-state index in [0.29, 0.717) is 44.7 Å². The molecule has 0 bridgehead atoms. The van der Waals surface area contributed by atoms with Crippen LogP contribution in [-0.4, -0.2) is 62.5 Å². The van der Waals surface area contributed by atoms with Gasteiger partial charge in [0, 0.05) is 56.5 Å². The van der Waals surface area contributed by atoms with Crippen LogP contribution in [0.25, 0.3) is 0 Å². The summed E-state index contributed by atoms with van der Waals surface area (Å²) in [5, 5.41) is 34.0. The number of benzene rings is 3. The summed E-state index contributed by atoms with van der Waals surface area (Å²) in [7, 11) is 1.87. The van der Waals surface area contributed by atoms with E-state index in [4.69, 9.17) is 0 Å². The highest BCUT2D eigenvalue weighted by Gasteiger charge is 2.29. The van der Waals surface area contributed by atoms with E-state index in [-0.39, 0.29) is 29.5 Å². The van der Waals surface area contributed by atoms with Crippen molar-refractivity contribution in [3.63, 3.8) is 0 Å². The van der Waals surface area contributed by atoms with Crippen LogP contribution in [0.1, 0.15) is 38.2 Å². The number of carbonyl (C=O) groups excluding carboxylic acids is 2. The molecule has 3 heterocycles. The molecule has 0 aliphatic carbocycles. The molecule has 44 heavy (non-hydrogen) atoms. The molecule has 11 heteroatoms. The lowest BCUT2D eigenvalue weighted by Crippen LogP contribution is -2.57. The Hall–Kier alpha value is -5.03. The molecule has 5 N–H and O–H groups in total. The molecular weight excluding hydrogens is 558 g/mol. The number of aromatic hydroxyl groups is 2. The third kappa shape index (κ3) is 5.78. The van der Waals surface area contributed by atoms with Crippen molar-refractivity contribution < 1.29 is 19.8 Å². The number of hydrogen-bond donors (Lipinski definition) is 5. The van der Waals surface area contributed by atoms with Gasteiger partial charge in [-0.1, -0.05) is 12.1 Å². The number of aryl methyl sites for hydroxylation is 3. The van der Waals surface area contributed by atoms with E-state index in [9.17, 15) is 19.8 Å². The van der Waals surface area contributed by atoms with Crippen LogP contribution >= 0.6 is 0 Å². The van der Waals surface area contributed by atoms with Crippen LogP contribution in [-0.2, 0) is 26.6 Å². The summed E-state index contributed by atoms with van der Waals surface area (Å²) >= 11 is 0. The lowest BCUT2D eigenvalue weighted by Gasteiger charge is -2.36. The lowest BCUT2D eigenvalue weighted by molar-refractivity contribution is 0.0985. The second-order valence-electron chi connectivity index (χ2n) is 11.5. The van der Waals surface area contributed by atoms with E-state index in [1.54, 1.807) is 32.8 Å². The maximum absolute atomic E-state index is 14.0. The van der Waals surface area contributed by atoms with Gasteiger partial charge in [-0.25, -0.2) is 4.79 Å². The number of fused-ring (bicyclic) bond motifs is 2. The zero-order valence-electron chi connectivity index (χ0n) is 25.1. The number of anilines is 3. The first-order valence-corrected chi connectivity index (χ1v) is 14.7. The maximum atomic E-state index is 14.0. The molecule has 1 fully saturated rings. The number of carbonyl (C=O) groups is 2. The standard InChI is InChI=1S/C33H37N7O4/c1-20-10-23(32(43)40-19-24-16-36-38(3)31(24)37-29-6-4-5-7-30(29)40)11-21(2)28(20)18-35-33(44)39-9-8-34-17-25(39)12-22-13-26(41)15-27(42)14-22/h4-7,10-11,13-16,25,34,37,41-42H,8-9,12,17-19H2,1-3H3,(H,35,44). The van der Waals surface area contributed by atoms with Gasteiger partial charge in [0.25, 0.3) is 5.91 Å². The van der Waals surface area contributed by atoms with Crippen LogP contribution in [0.15, 0.2) is 60.8 Å². The zero-order chi connectivity index (χ0) is 31.0. The van der Waals surface area contributed by atoms with E-state index in [1.165, 1.54) is 6.07 Å². The largest absolute Gasteiger partial charge is 0.508 e. The predicted octanol–water partition coefficient (Wildman–Crippen LogP) is 4.08. The molecule has 1 unspecified atom stereocenters. The van der Waals surface area contributed by atoms with Crippen LogP contribution in [0.2, 0.25) is 0 Å². The van der Waals surface area contributed by atoms with Crippen molar-refractivity contribution in [3.05, 3.63) is 94.2 Å². The first-order valence-electron chi connectivity index (χ1n) is 14.7. The molecule has 6 rings (SSSR count). The van der Waals surface area contributed by atoms with Crippen LogP contribution in [0, 0.1) is 13.8 Å². The molecule has 1 saturated heterocycles. The molecule has 3 amide bonds. The van der Waals surface area contributed by atoms with E-state index in [2.05, 4.69) is 21.0 Å². The van der Waals surface area contributed by atoms with Gasteiger partial charge in [-0.2, -0.15) is 5.10 Å². The summed E-state index contributed by atoms with van der Waals surface area (Å²) < 4.78 is 1.78. The van der Waals surface area contributed by atoms with Crippen molar-refractivity contribution >= 4 is 29.1 Å². The maximum Gasteiger partial charge on any atom is 0.318 e. The first kappa shape index (κ1) is 29.1. The molecule has 0 radical (unpaired) electrons. The fraction of sp³-hybridized carbons (Fsp3) is 0.303. The SMILES string of the molecule is Cc1cc(C(=O)N2Cc3cnn(C)c3Nc3ccccc32)cc(C)c1CNC(=O)N1CCNCC1Cc1cc(O)cc(O)c1. The lowest BCUT2D eigenvalue weighted by atomic mass is 9.98. The number of rotatable bonds is 5. The van der Waals surface area contributed by atoms with Gasteiger partial charge in [0.2, 0.25) is 0 Å². The monoisotopic (exact) mass is 595 g/mol. The summed E-state index contributed by atoms with van der Waals surface area (Å²) in [6.07, 6.45) is 2.28. The van der Waals surface area contributed by atoms with Crippen LogP contribution in [0.5, 0.6) is 11.5 Å². The topological polar surface area (TPSA) is 135 Å². The summed E-state index contributed by atoms with van der Waals surface area (Å²) in [5.41, 5.74) is 6.70. The quantitative estimate of drug-likeness (QED) is 0.235. The highest BCUT2D eigenvalue weighted by Crippen LogP contribution is 2.36. The van der Waals surface area contributed by atoms with Gasteiger partial charge in [0.15, 0.2) is 0 Å². The average molecular weight is 596 g/mol. The Bertz CT molecular complexity index is 1690. The molecule has 4 aromatic rings. The van der Waals surface area contributed by atoms with Gasteiger partial charge < -0.3 is 36.0 Å². The molecule has 1 aromatic heterocycles. The minimum Gasteiger partial charge on any atom is -0.508 e. The fourth-order valence-electron chi connectivity index (χ4n) is 6.21. The molecule has 2 aliphatic rings. The summed E-state index contributed by atoms with van der Waals surface area (Å²) in [6, 6.07) is 15.7. The summed E-state index contributed by atoms with van der Waals surface area (Å²) in [5.74, 6) is 0.731. The second kappa shape index (κ2) is 11.9. The minimum atomic E-state index is -0.180. The fourth-order valence-corrected chi connectivity index (χ4v) is 6.21. The van der Waals surface area contributed by atoms with Crippen molar-refractivity contribution in [1.29, 1.82) is 0 Å². The third-order valence-corrected chi connectivity index (χ3v) is 8.44. The molecule has 3 aromatic carbocycles. The van der Waals surface area contributed by atoms with Crippen molar-refractivity contribution in [2.24, 2.45) is 7.05 Å². The summed E-state index contributed by atoms with van der Waals surface area (Å²) in [4.78, 5) is 31.0. The number of nitrogens with zero attached hydrogens (tertiary/aromatic N) is 4. The zero-order valence-corrected chi connectivity index (χ0v) is 25.1. The van der Waals surface area contributed by atoms with E-state index >= 15 is 0 Å². The number of phenols is 2. The van der Waals surface area contributed by atoms with Gasteiger partial charge in [0.05, 0.1) is 24.1 Å². The van der Waals surface area contributed by atoms with Gasteiger partial charge in [-0.05, 0) is 78.9 Å². The van der Waals surface area contributed by atoms with Gasteiger partial charge in [-0.15, -0.1) is 0 Å². The van der Waals surface area contributed by atoms with E-state index in [0.717, 1.165) is 45.0 Å². The minimum absolute atomic E-state index is 0.00816. The molecule has 0 spiro atoms. The smallest absolute Gasteiger partial charge is 0.318 e. The average Bonchev–Trinajstić information content (AvgIpc) is 3.23. The number of urea groups is 1. The molecule has 11 nitrogen and oxygen atoms in total. The molecule has 1 atom stereocenters. The first-order chi connectivity index (χ1) is 21.2. The van der Waals surface area contributed by atoms with Gasteiger partial charge >= 0.3 is 6.03 Å². The van der Waals surface area contributed by atoms with Crippen LogP contribution in [0.4, 0.5) is 22.0 Å². The number of para-hydroxylation sites is 2. The van der Waals surface area contributed by atoms with Crippen molar-refractivity contribution in [3.8, 4) is 11.5 Å².